The van der Waals surface area contributed by atoms with Gasteiger partial charge in [0.2, 0.25) is 0 Å². The van der Waals surface area contributed by atoms with Crippen LogP contribution in [0.3, 0.4) is 0 Å². The summed E-state index contributed by atoms with van der Waals surface area (Å²) in [6, 6.07) is 18.8. The number of piperidine rings is 1. The van der Waals surface area contributed by atoms with E-state index in [1.807, 2.05) is 12.1 Å². The molecule has 36 heavy (non-hydrogen) atoms. The second-order valence-corrected chi connectivity index (χ2v) is 8.74. The number of nitro benzene ring substituents is 1. The molecular formula is C27H22FN3O5. The average molecular weight is 487 g/mol. The highest BCUT2D eigenvalue weighted by atomic mass is 19.1. The molecule has 1 aliphatic rings. The van der Waals surface area contributed by atoms with Gasteiger partial charge in [-0.25, -0.2) is 4.39 Å². The van der Waals surface area contributed by atoms with E-state index in [1.165, 1.54) is 6.07 Å². The molecule has 1 N–H and O–H groups in total. The van der Waals surface area contributed by atoms with Crippen molar-refractivity contribution < 1.29 is 23.7 Å². The number of hydrogen-bond donors (Lipinski definition) is 1. The first-order chi connectivity index (χ1) is 17.4. The van der Waals surface area contributed by atoms with Crippen molar-refractivity contribution in [1.82, 2.24) is 10.1 Å². The van der Waals surface area contributed by atoms with E-state index in [0.717, 1.165) is 30.5 Å². The van der Waals surface area contributed by atoms with Crippen LogP contribution in [0.5, 0.6) is 5.75 Å². The minimum Gasteiger partial charge on any atom is -0.508 e. The summed E-state index contributed by atoms with van der Waals surface area (Å²) in [7, 11) is 0. The van der Waals surface area contributed by atoms with E-state index < -0.39 is 10.7 Å². The van der Waals surface area contributed by atoms with Gasteiger partial charge in [-0.2, -0.15) is 0 Å². The molecular weight excluding hydrogens is 465 g/mol. The lowest BCUT2D eigenvalue weighted by Gasteiger charge is -2.31. The Bertz CT molecular complexity index is 1430. The Hall–Kier alpha value is -4.53. The number of non-ortho nitro benzene ring substituents is 1. The summed E-state index contributed by atoms with van der Waals surface area (Å²) < 4.78 is 19.6. The third-order valence-electron chi connectivity index (χ3n) is 6.49. The molecule has 1 saturated heterocycles. The first kappa shape index (κ1) is 23.2. The van der Waals surface area contributed by atoms with Crippen molar-refractivity contribution in [3.05, 3.63) is 100.0 Å². The van der Waals surface area contributed by atoms with E-state index in [2.05, 4.69) is 5.16 Å². The molecule has 9 heteroatoms. The highest BCUT2D eigenvalue weighted by Crippen LogP contribution is 2.32. The molecule has 0 spiro atoms. The SMILES string of the molecule is O=C(c1cc(-c2ccc(-c3cc([N+](=O)[O-])ccc3F)cc2)on1)N1CCC(c2cccc(O)c2)CC1. The van der Waals surface area contributed by atoms with Crippen LogP contribution < -0.4 is 0 Å². The van der Waals surface area contributed by atoms with Crippen LogP contribution in [0.4, 0.5) is 10.1 Å². The van der Waals surface area contributed by atoms with Crippen LogP contribution >= 0.6 is 0 Å². The second-order valence-electron chi connectivity index (χ2n) is 8.74. The number of aromatic nitrogens is 1. The van der Waals surface area contributed by atoms with Crippen molar-refractivity contribution >= 4 is 11.6 Å². The van der Waals surface area contributed by atoms with Crippen molar-refractivity contribution in [1.29, 1.82) is 0 Å². The largest absolute Gasteiger partial charge is 0.508 e. The number of nitrogens with zero attached hydrogens (tertiary/aromatic N) is 3. The number of amides is 1. The molecule has 3 aromatic carbocycles. The predicted octanol–water partition coefficient (Wildman–Crippen LogP) is 5.78. The smallest absolute Gasteiger partial charge is 0.276 e. The maximum atomic E-state index is 14.2. The van der Waals surface area contributed by atoms with E-state index in [9.17, 15) is 24.4 Å². The molecule has 0 aliphatic carbocycles. The molecule has 8 nitrogen and oxygen atoms in total. The van der Waals surface area contributed by atoms with Crippen molar-refractivity contribution in [2.45, 2.75) is 18.8 Å². The Labute approximate surface area is 205 Å². The normalized spacial score (nSPS) is 14.1. The number of nitro groups is 1. The molecule has 1 aromatic heterocycles. The second kappa shape index (κ2) is 9.61. The van der Waals surface area contributed by atoms with Crippen LogP contribution in [0.1, 0.15) is 34.8 Å². The van der Waals surface area contributed by atoms with Gasteiger partial charge in [0.15, 0.2) is 11.5 Å². The maximum absolute atomic E-state index is 14.2. The Morgan fingerprint density at radius 3 is 2.44 bits per heavy atom. The number of hydrogen-bond acceptors (Lipinski definition) is 6. The summed E-state index contributed by atoms with van der Waals surface area (Å²) in [5.74, 6) is 0.134. The maximum Gasteiger partial charge on any atom is 0.276 e. The van der Waals surface area contributed by atoms with E-state index in [4.69, 9.17) is 4.52 Å². The van der Waals surface area contributed by atoms with E-state index in [1.54, 1.807) is 47.4 Å². The van der Waals surface area contributed by atoms with Gasteiger partial charge in [0.1, 0.15) is 11.6 Å². The lowest BCUT2D eigenvalue weighted by Crippen LogP contribution is -2.38. The van der Waals surface area contributed by atoms with Crippen LogP contribution in [-0.2, 0) is 0 Å². The number of carbonyl (C=O) groups is 1. The first-order valence-corrected chi connectivity index (χ1v) is 11.5. The molecule has 0 atom stereocenters. The number of rotatable bonds is 5. The van der Waals surface area contributed by atoms with Gasteiger partial charge in [0, 0.05) is 42.4 Å². The quantitative estimate of drug-likeness (QED) is 0.282. The number of aromatic hydroxyl groups is 1. The Morgan fingerprint density at radius 2 is 1.75 bits per heavy atom. The third-order valence-corrected chi connectivity index (χ3v) is 6.49. The van der Waals surface area contributed by atoms with Gasteiger partial charge < -0.3 is 14.5 Å². The van der Waals surface area contributed by atoms with Gasteiger partial charge in [0.05, 0.1) is 4.92 Å². The molecule has 4 aromatic rings. The lowest BCUT2D eigenvalue weighted by molar-refractivity contribution is -0.384. The summed E-state index contributed by atoms with van der Waals surface area (Å²) in [6.45, 7) is 1.15. The number of halogens is 1. The fraction of sp³-hybridized carbons (Fsp3) is 0.185. The number of likely N-dealkylation sites (tertiary alicyclic amines) is 1. The average Bonchev–Trinajstić information content (AvgIpc) is 3.39. The van der Waals surface area contributed by atoms with Crippen molar-refractivity contribution in [3.63, 3.8) is 0 Å². The standard InChI is InChI=1S/C27H22FN3O5/c28-24-9-8-21(31(34)35)15-23(24)18-4-6-19(7-5-18)26-16-25(29-36-26)27(33)30-12-10-17(11-13-30)20-2-1-3-22(32)14-20/h1-9,14-17,32H,10-13H2. The Balaban J connectivity index is 1.27. The fourth-order valence-electron chi connectivity index (χ4n) is 4.53. The zero-order valence-electron chi connectivity index (χ0n) is 19.1. The van der Waals surface area contributed by atoms with Gasteiger partial charge in [-0.15, -0.1) is 0 Å². The van der Waals surface area contributed by atoms with Crippen molar-refractivity contribution in [3.8, 4) is 28.2 Å². The molecule has 5 rings (SSSR count). The molecule has 2 heterocycles. The molecule has 1 fully saturated rings. The van der Waals surface area contributed by atoms with Crippen LogP contribution in [0.2, 0.25) is 0 Å². The van der Waals surface area contributed by atoms with Crippen LogP contribution in [-0.4, -0.2) is 39.1 Å². The summed E-state index contributed by atoms with van der Waals surface area (Å²) in [4.78, 5) is 25.2. The molecule has 182 valence electrons. The van der Waals surface area contributed by atoms with E-state index >= 15 is 0 Å². The highest BCUT2D eigenvalue weighted by Gasteiger charge is 2.27. The van der Waals surface area contributed by atoms with Gasteiger partial charge in [-0.05, 0) is 48.1 Å². The monoisotopic (exact) mass is 487 g/mol. The Kier molecular flexibility index (Phi) is 6.20. The number of benzene rings is 3. The van der Waals surface area contributed by atoms with Gasteiger partial charge in [-0.3, -0.25) is 14.9 Å². The minimum absolute atomic E-state index is 0.123. The topological polar surface area (TPSA) is 110 Å². The highest BCUT2D eigenvalue weighted by molar-refractivity contribution is 5.93. The number of phenolic OH excluding ortho intramolecular Hbond substituents is 1. The predicted molar refractivity (Wildman–Crippen MR) is 130 cm³/mol. The summed E-state index contributed by atoms with van der Waals surface area (Å²) in [6.07, 6.45) is 1.57. The number of phenols is 1. The van der Waals surface area contributed by atoms with Gasteiger partial charge >= 0.3 is 0 Å². The summed E-state index contributed by atoms with van der Waals surface area (Å²) >= 11 is 0. The first-order valence-electron chi connectivity index (χ1n) is 11.5. The molecule has 0 bridgehead atoms. The van der Waals surface area contributed by atoms with Gasteiger partial charge in [0.25, 0.3) is 11.6 Å². The Morgan fingerprint density at radius 1 is 1.03 bits per heavy atom. The lowest BCUT2D eigenvalue weighted by atomic mass is 9.89. The van der Waals surface area contributed by atoms with Crippen LogP contribution in [0.25, 0.3) is 22.5 Å². The summed E-state index contributed by atoms with van der Waals surface area (Å²) in [5.41, 5.74) is 2.32. The molecule has 1 aliphatic heterocycles. The molecule has 0 saturated carbocycles. The summed E-state index contributed by atoms with van der Waals surface area (Å²) in [5, 5.41) is 24.7. The minimum atomic E-state index is -0.570. The van der Waals surface area contributed by atoms with E-state index in [0.29, 0.717) is 30.0 Å². The molecule has 1 amide bonds. The van der Waals surface area contributed by atoms with E-state index in [-0.39, 0.29) is 34.5 Å². The number of carbonyl (C=O) groups excluding carboxylic acids is 1. The zero-order valence-corrected chi connectivity index (χ0v) is 19.1. The molecule has 0 radical (unpaired) electrons. The third kappa shape index (κ3) is 4.68. The van der Waals surface area contributed by atoms with Crippen molar-refractivity contribution in [2.24, 2.45) is 0 Å². The van der Waals surface area contributed by atoms with Crippen molar-refractivity contribution in [2.75, 3.05) is 13.1 Å². The molecule has 0 unspecified atom stereocenters. The van der Waals surface area contributed by atoms with Crippen LogP contribution in [0.15, 0.2) is 77.3 Å². The fourth-order valence-corrected chi connectivity index (χ4v) is 4.53. The van der Waals surface area contributed by atoms with Crippen LogP contribution in [0, 0.1) is 15.9 Å². The zero-order chi connectivity index (χ0) is 25.2. The van der Waals surface area contributed by atoms with Gasteiger partial charge in [-0.1, -0.05) is 41.6 Å².